The summed E-state index contributed by atoms with van der Waals surface area (Å²) in [6.45, 7) is 1.54. The average molecular weight is 217 g/mol. The number of aromatic nitrogens is 3. The first-order valence-corrected chi connectivity index (χ1v) is 4.83. The lowest BCUT2D eigenvalue weighted by molar-refractivity contribution is -0.142. The Bertz CT molecular complexity index is 480. The van der Waals surface area contributed by atoms with Crippen molar-refractivity contribution in [3.05, 3.63) is 36.5 Å². The Morgan fingerprint density at radius 1 is 1.56 bits per heavy atom. The van der Waals surface area contributed by atoms with Crippen molar-refractivity contribution < 1.29 is 9.53 Å². The summed E-state index contributed by atoms with van der Waals surface area (Å²) in [5.74, 6) is -0.318. The largest absolute Gasteiger partial charge is 0.459 e. The summed E-state index contributed by atoms with van der Waals surface area (Å²) < 4.78 is 4.93. The maximum absolute atomic E-state index is 10.7. The number of aromatic amines is 1. The number of ether oxygens (including phenoxy) is 1. The molecule has 0 fully saturated rings. The zero-order chi connectivity index (χ0) is 11.4. The van der Waals surface area contributed by atoms with Crippen LogP contribution < -0.4 is 0 Å². The van der Waals surface area contributed by atoms with Crippen LogP contribution in [0.15, 0.2) is 30.9 Å². The van der Waals surface area contributed by atoms with Gasteiger partial charge in [0.15, 0.2) is 0 Å². The number of nitrogens with zero attached hydrogens (tertiary/aromatic N) is 2. The normalized spacial score (nSPS) is 10.1. The minimum absolute atomic E-state index is 0.171. The van der Waals surface area contributed by atoms with Crippen molar-refractivity contribution in [1.29, 1.82) is 0 Å². The van der Waals surface area contributed by atoms with Crippen LogP contribution in [-0.4, -0.2) is 20.9 Å². The third-order valence-electron chi connectivity index (χ3n) is 2.09. The molecule has 16 heavy (non-hydrogen) atoms. The molecule has 0 aliphatic rings. The molecule has 0 unspecified atom stereocenters. The predicted octanol–water partition coefficient (Wildman–Crippen LogP) is 1.53. The molecule has 2 aromatic rings. The number of esters is 1. The molecule has 0 spiro atoms. The maximum Gasteiger partial charge on any atom is 0.303 e. The molecule has 0 aliphatic carbocycles. The number of H-pyrrole nitrogens is 1. The Morgan fingerprint density at radius 3 is 3.12 bits per heavy atom. The van der Waals surface area contributed by atoms with Gasteiger partial charge in [-0.25, -0.2) is 4.98 Å². The quantitative estimate of drug-likeness (QED) is 0.792. The van der Waals surface area contributed by atoms with Crippen LogP contribution in [0.2, 0.25) is 0 Å². The Labute approximate surface area is 92.5 Å². The lowest BCUT2D eigenvalue weighted by Crippen LogP contribution is -2.02. The average Bonchev–Trinajstić information content (AvgIpc) is 2.80. The van der Waals surface area contributed by atoms with E-state index in [9.17, 15) is 4.79 Å². The van der Waals surface area contributed by atoms with E-state index in [0.717, 1.165) is 11.3 Å². The first-order chi connectivity index (χ1) is 7.77. The van der Waals surface area contributed by atoms with E-state index < -0.39 is 0 Å². The number of carbonyl (C=O) groups excluding carboxylic acids is 1. The molecular weight excluding hydrogens is 206 g/mol. The summed E-state index contributed by atoms with van der Waals surface area (Å²) in [7, 11) is 0. The predicted molar refractivity (Wildman–Crippen MR) is 57.3 cm³/mol. The highest BCUT2D eigenvalue weighted by Gasteiger charge is 2.08. The maximum atomic E-state index is 10.7. The van der Waals surface area contributed by atoms with Crippen LogP contribution in [0.5, 0.6) is 0 Å². The van der Waals surface area contributed by atoms with Crippen LogP contribution in [0, 0.1) is 0 Å². The van der Waals surface area contributed by atoms with E-state index >= 15 is 0 Å². The highest BCUT2D eigenvalue weighted by atomic mass is 16.5. The SMILES string of the molecule is CC(=O)OCc1ncccc1-c1cnc[nH]1. The summed E-state index contributed by atoms with van der Waals surface area (Å²) in [4.78, 5) is 21.9. The zero-order valence-corrected chi connectivity index (χ0v) is 8.80. The van der Waals surface area contributed by atoms with E-state index in [1.807, 2.05) is 12.1 Å². The van der Waals surface area contributed by atoms with Crippen LogP contribution in [-0.2, 0) is 16.1 Å². The van der Waals surface area contributed by atoms with Crippen LogP contribution in [0.4, 0.5) is 0 Å². The minimum atomic E-state index is -0.318. The van der Waals surface area contributed by atoms with E-state index in [1.54, 1.807) is 18.7 Å². The van der Waals surface area contributed by atoms with Gasteiger partial charge < -0.3 is 9.72 Å². The lowest BCUT2D eigenvalue weighted by Gasteiger charge is -2.06. The van der Waals surface area contributed by atoms with Gasteiger partial charge in [0.25, 0.3) is 0 Å². The summed E-state index contributed by atoms with van der Waals surface area (Å²) in [6.07, 6.45) is 4.96. The monoisotopic (exact) mass is 217 g/mol. The van der Waals surface area contributed by atoms with Gasteiger partial charge in [-0.1, -0.05) is 0 Å². The lowest BCUT2D eigenvalue weighted by atomic mass is 10.1. The molecule has 82 valence electrons. The molecule has 5 heteroatoms. The molecule has 0 amide bonds. The van der Waals surface area contributed by atoms with Crippen molar-refractivity contribution in [2.75, 3.05) is 0 Å². The van der Waals surface area contributed by atoms with E-state index in [2.05, 4.69) is 15.0 Å². The van der Waals surface area contributed by atoms with Crippen LogP contribution in [0.1, 0.15) is 12.6 Å². The van der Waals surface area contributed by atoms with Gasteiger partial charge >= 0.3 is 5.97 Å². The second-order valence-corrected chi connectivity index (χ2v) is 3.24. The third-order valence-corrected chi connectivity index (χ3v) is 2.09. The Kier molecular flexibility index (Phi) is 2.95. The molecule has 5 nitrogen and oxygen atoms in total. The first-order valence-electron chi connectivity index (χ1n) is 4.83. The molecule has 1 N–H and O–H groups in total. The van der Waals surface area contributed by atoms with Gasteiger partial charge in [-0.05, 0) is 12.1 Å². The fourth-order valence-electron chi connectivity index (χ4n) is 1.37. The Balaban J connectivity index is 2.27. The van der Waals surface area contributed by atoms with Crippen molar-refractivity contribution in [2.24, 2.45) is 0 Å². The molecule has 0 saturated heterocycles. The molecule has 2 aromatic heterocycles. The van der Waals surface area contributed by atoms with Gasteiger partial charge in [0.2, 0.25) is 0 Å². The second-order valence-electron chi connectivity index (χ2n) is 3.24. The van der Waals surface area contributed by atoms with E-state index in [-0.39, 0.29) is 12.6 Å². The molecular formula is C11H11N3O2. The fourth-order valence-corrected chi connectivity index (χ4v) is 1.37. The molecule has 0 atom stereocenters. The van der Waals surface area contributed by atoms with Gasteiger partial charge in [-0.15, -0.1) is 0 Å². The van der Waals surface area contributed by atoms with Gasteiger partial charge in [0, 0.05) is 18.7 Å². The molecule has 0 aliphatic heterocycles. The molecule has 2 heterocycles. The number of hydrogen-bond acceptors (Lipinski definition) is 4. The molecule has 0 aromatic carbocycles. The molecule has 0 saturated carbocycles. The van der Waals surface area contributed by atoms with E-state index in [4.69, 9.17) is 4.74 Å². The topological polar surface area (TPSA) is 67.9 Å². The fraction of sp³-hybridized carbons (Fsp3) is 0.182. The van der Waals surface area contributed by atoms with Gasteiger partial charge in [-0.3, -0.25) is 9.78 Å². The Morgan fingerprint density at radius 2 is 2.44 bits per heavy atom. The molecule has 0 bridgehead atoms. The number of hydrogen-bond donors (Lipinski definition) is 1. The smallest absolute Gasteiger partial charge is 0.303 e. The van der Waals surface area contributed by atoms with Crippen molar-refractivity contribution >= 4 is 5.97 Å². The number of carbonyl (C=O) groups is 1. The molecule has 0 radical (unpaired) electrons. The van der Waals surface area contributed by atoms with Gasteiger partial charge in [0.1, 0.15) is 6.61 Å². The number of imidazole rings is 1. The van der Waals surface area contributed by atoms with Crippen molar-refractivity contribution in [1.82, 2.24) is 15.0 Å². The van der Waals surface area contributed by atoms with Crippen molar-refractivity contribution in [3.8, 4) is 11.3 Å². The summed E-state index contributed by atoms with van der Waals surface area (Å²) in [5.41, 5.74) is 2.46. The highest BCUT2D eigenvalue weighted by Crippen LogP contribution is 2.19. The third kappa shape index (κ3) is 2.25. The van der Waals surface area contributed by atoms with Crippen LogP contribution in [0.25, 0.3) is 11.3 Å². The summed E-state index contributed by atoms with van der Waals surface area (Å²) in [5, 5.41) is 0. The molecule has 2 rings (SSSR count). The van der Waals surface area contributed by atoms with Gasteiger partial charge in [-0.2, -0.15) is 0 Å². The highest BCUT2D eigenvalue weighted by molar-refractivity contribution is 5.66. The standard InChI is InChI=1S/C11H11N3O2/c1-8(15)16-6-11-9(3-2-4-13-11)10-5-12-7-14-10/h2-5,7H,6H2,1H3,(H,12,14). The minimum Gasteiger partial charge on any atom is -0.459 e. The Hall–Kier alpha value is -2.17. The number of rotatable bonds is 3. The van der Waals surface area contributed by atoms with Crippen LogP contribution in [0.3, 0.4) is 0 Å². The van der Waals surface area contributed by atoms with E-state index in [1.165, 1.54) is 6.92 Å². The summed E-state index contributed by atoms with van der Waals surface area (Å²) >= 11 is 0. The van der Waals surface area contributed by atoms with Crippen molar-refractivity contribution in [2.45, 2.75) is 13.5 Å². The second kappa shape index (κ2) is 4.57. The van der Waals surface area contributed by atoms with Crippen molar-refractivity contribution in [3.63, 3.8) is 0 Å². The first kappa shape index (κ1) is 10.4. The van der Waals surface area contributed by atoms with Crippen LogP contribution >= 0.6 is 0 Å². The summed E-state index contributed by atoms with van der Waals surface area (Å²) in [6, 6.07) is 3.73. The number of nitrogens with one attached hydrogen (secondary N) is 1. The van der Waals surface area contributed by atoms with E-state index in [0.29, 0.717) is 5.69 Å². The van der Waals surface area contributed by atoms with Gasteiger partial charge in [0.05, 0.1) is 23.9 Å². The number of pyridine rings is 1. The zero-order valence-electron chi connectivity index (χ0n) is 8.80.